The maximum atomic E-state index is 11.9. The first-order valence-electron chi connectivity index (χ1n) is 10.3. The number of nitrogen functional groups attached to an aromatic ring is 1. The van der Waals surface area contributed by atoms with Crippen LogP contribution in [0.3, 0.4) is 0 Å². The van der Waals surface area contributed by atoms with Crippen LogP contribution >= 0.6 is 38.6 Å². The Bertz CT molecular complexity index is 1430. The number of amides is 1. The number of carbonyl (C=O) groups excluding carboxylic acids is 3. The van der Waals surface area contributed by atoms with Gasteiger partial charge < -0.3 is 30.7 Å². The zero-order chi connectivity index (χ0) is 26.8. The lowest BCUT2D eigenvalue weighted by Gasteiger charge is -2.16. The Kier molecular flexibility index (Phi) is 8.12. The lowest BCUT2D eigenvalue weighted by atomic mass is 10.1. The van der Waals surface area contributed by atoms with Gasteiger partial charge in [-0.1, -0.05) is 15.9 Å². The topological polar surface area (TPSA) is 148 Å². The zero-order valence-corrected chi connectivity index (χ0v) is 22.9. The molecule has 0 aliphatic rings. The van der Waals surface area contributed by atoms with Gasteiger partial charge in [0.15, 0.2) is 0 Å². The first-order valence-corrected chi connectivity index (χ1v) is 12.7. The monoisotopic (exact) mass is 594 g/mol. The van der Waals surface area contributed by atoms with E-state index in [0.717, 1.165) is 20.2 Å². The Labute approximate surface area is 222 Å². The van der Waals surface area contributed by atoms with Crippen molar-refractivity contribution in [2.75, 3.05) is 25.3 Å². The molecular weight excluding hydrogens is 572 g/mol. The number of thiophene rings is 2. The predicted molar refractivity (Wildman–Crippen MR) is 146 cm³/mol. The molecule has 36 heavy (non-hydrogen) atoms. The Hall–Kier alpha value is -3.35. The standard InChI is InChI=1S/C14H14BrNO4S.C10H9NO3S/c1-14(2,15)13(19)16-8-4-7-5-11(12(18)20-3)21-10(7)6-9(8)17;1-14-10(13)9-3-5-2-6(11)7(12)4-8(5)15-9/h4-6,17H,1-3H3,(H,16,19);2-4,12H,11H2,1H3. The molecule has 2 heterocycles. The molecule has 0 aliphatic carbocycles. The van der Waals surface area contributed by atoms with E-state index in [0.29, 0.717) is 21.1 Å². The van der Waals surface area contributed by atoms with E-state index in [9.17, 15) is 24.6 Å². The Morgan fingerprint density at radius 1 is 0.861 bits per heavy atom. The second-order valence-electron chi connectivity index (χ2n) is 7.99. The summed E-state index contributed by atoms with van der Waals surface area (Å²) in [5.74, 6) is -1.11. The molecule has 0 saturated carbocycles. The number of anilines is 2. The lowest BCUT2D eigenvalue weighted by Crippen LogP contribution is -2.30. The summed E-state index contributed by atoms with van der Waals surface area (Å²) in [6, 6.07) is 9.69. The van der Waals surface area contributed by atoms with Crippen molar-refractivity contribution >= 4 is 88.0 Å². The van der Waals surface area contributed by atoms with Crippen LogP contribution in [-0.4, -0.2) is 46.6 Å². The maximum absolute atomic E-state index is 11.9. The van der Waals surface area contributed by atoms with Gasteiger partial charge in [-0.05, 0) is 61.0 Å². The van der Waals surface area contributed by atoms with Crippen LogP contribution in [0.2, 0.25) is 0 Å². The molecule has 4 aromatic rings. The molecule has 190 valence electrons. The van der Waals surface area contributed by atoms with Gasteiger partial charge in [0, 0.05) is 9.40 Å². The van der Waals surface area contributed by atoms with Crippen molar-refractivity contribution < 1.29 is 34.1 Å². The minimum atomic E-state index is -0.750. The third-order valence-electron chi connectivity index (χ3n) is 4.86. The van der Waals surface area contributed by atoms with Crippen LogP contribution in [-0.2, 0) is 14.3 Å². The van der Waals surface area contributed by atoms with Crippen LogP contribution in [0.25, 0.3) is 20.2 Å². The summed E-state index contributed by atoms with van der Waals surface area (Å²) in [4.78, 5) is 35.6. The molecule has 12 heteroatoms. The molecule has 0 unspecified atom stereocenters. The minimum Gasteiger partial charge on any atom is -0.506 e. The number of carbonyl (C=O) groups is 3. The van der Waals surface area contributed by atoms with Crippen molar-refractivity contribution in [2.24, 2.45) is 0 Å². The van der Waals surface area contributed by atoms with E-state index < -0.39 is 10.3 Å². The van der Waals surface area contributed by atoms with Crippen molar-refractivity contribution in [3.05, 3.63) is 46.2 Å². The van der Waals surface area contributed by atoms with Crippen molar-refractivity contribution in [3.8, 4) is 11.5 Å². The number of phenols is 2. The van der Waals surface area contributed by atoms with Crippen LogP contribution in [0.5, 0.6) is 11.5 Å². The number of ether oxygens (including phenoxy) is 2. The molecule has 2 aromatic carbocycles. The molecular formula is C24H23BrN2O7S2. The van der Waals surface area contributed by atoms with Gasteiger partial charge in [0.25, 0.3) is 0 Å². The van der Waals surface area contributed by atoms with Crippen LogP contribution in [0.1, 0.15) is 33.2 Å². The molecule has 9 nitrogen and oxygen atoms in total. The number of phenolic OH excluding ortho intramolecular Hbond substituents is 2. The van der Waals surface area contributed by atoms with Gasteiger partial charge in [-0.25, -0.2) is 9.59 Å². The second kappa shape index (κ2) is 10.7. The normalized spacial score (nSPS) is 11.0. The number of nitrogens with one attached hydrogen (secondary N) is 1. The average Bonchev–Trinajstić information content (AvgIpc) is 3.42. The molecule has 1 amide bonds. The minimum absolute atomic E-state index is 0.0285. The summed E-state index contributed by atoms with van der Waals surface area (Å²) in [7, 11) is 2.65. The van der Waals surface area contributed by atoms with Crippen molar-refractivity contribution in [1.82, 2.24) is 0 Å². The number of hydrogen-bond acceptors (Lipinski definition) is 10. The highest BCUT2D eigenvalue weighted by Crippen LogP contribution is 2.36. The first-order chi connectivity index (χ1) is 16.8. The number of alkyl halides is 1. The fourth-order valence-electron chi connectivity index (χ4n) is 2.94. The van der Waals surface area contributed by atoms with Crippen molar-refractivity contribution in [1.29, 1.82) is 0 Å². The highest BCUT2D eigenvalue weighted by Gasteiger charge is 2.24. The first kappa shape index (κ1) is 27.2. The smallest absolute Gasteiger partial charge is 0.348 e. The van der Waals surface area contributed by atoms with E-state index >= 15 is 0 Å². The number of hydrogen-bond donors (Lipinski definition) is 4. The second-order valence-corrected chi connectivity index (χ2v) is 12.1. The fourth-order valence-corrected chi connectivity index (χ4v) is 5.03. The molecule has 0 bridgehead atoms. The van der Waals surface area contributed by atoms with Gasteiger partial charge in [-0.3, -0.25) is 4.79 Å². The van der Waals surface area contributed by atoms with Gasteiger partial charge >= 0.3 is 11.9 Å². The predicted octanol–water partition coefficient (Wildman–Crippen LogP) is 5.48. The van der Waals surface area contributed by atoms with Gasteiger partial charge in [0.1, 0.15) is 21.3 Å². The molecule has 0 aliphatic heterocycles. The summed E-state index contributed by atoms with van der Waals surface area (Å²) in [6.07, 6.45) is 0. The summed E-state index contributed by atoms with van der Waals surface area (Å²) in [6.45, 7) is 3.41. The molecule has 0 atom stereocenters. The van der Waals surface area contributed by atoms with Gasteiger partial charge in [0.2, 0.25) is 5.91 Å². The van der Waals surface area contributed by atoms with Crippen LogP contribution in [0, 0.1) is 0 Å². The Morgan fingerprint density at radius 3 is 1.81 bits per heavy atom. The van der Waals surface area contributed by atoms with Crippen molar-refractivity contribution in [3.63, 3.8) is 0 Å². The van der Waals surface area contributed by atoms with Gasteiger partial charge in [-0.2, -0.15) is 0 Å². The highest BCUT2D eigenvalue weighted by molar-refractivity contribution is 9.10. The van der Waals surface area contributed by atoms with E-state index in [4.69, 9.17) is 5.73 Å². The van der Waals surface area contributed by atoms with E-state index in [2.05, 4.69) is 30.7 Å². The average molecular weight is 595 g/mol. The third kappa shape index (κ3) is 6.07. The number of fused-ring (bicyclic) bond motifs is 2. The van der Waals surface area contributed by atoms with Crippen molar-refractivity contribution in [2.45, 2.75) is 18.2 Å². The molecule has 0 fully saturated rings. The van der Waals surface area contributed by atoms with Crippen LogP contribution in [0.4, 0.5) is 11.4 Å². The summed E-state index contributed by atoms with van der Waals surface area (Å²) in [5, 5.41) is 23.6. The number of benzene rings is 2. The number of esters is 2. The van der Waals surface area contributed by atoms with Crippen LogP contribution < -0.4 is 11.1 Å². The number of halogens is 1. The zero-order valence-electron chi connectivity index (χ0n) is 19.7. The van der Waals surface area contributed by atoms with E-state index in [1.54, 1.807) is 44.2 Å². The van der Waals surface area contributed by atoms with E-state index in [-0.39, 0.29) is 23.4 Å². The van der Waals surface area contributed by atoms with Crippen LogP contribution in [0.15, 0.2) is 36.4 Å². The number of methoxy groups -OCH3 is 2. The molecule has 0 spiro atoms. The van der Waals surface area contributed by atoms with E-state index in [1.807, 2.05) is 0 Å². The molecule has 2 aromatic heterocycles. The molecule has 0 radical (unpaired) electrons. The summed E-state index contributed by atoms with van der Waals surface area (Å²) >= 11 is 5.74. The fraction of sp³-hybridized carbons (Fsp3) is 0.208. The number of aromatic hydroxyl groups is 2. The maximum Gasteiger partial charge on any atom is 0.348 e. The Morgan fingerprint density at radius 2 is 1.33 bits per heavy atom. The third-order valence-corrected chi connectivity index (χ3v) is 7.38. The number of nitrogens with two attached hydrogens (primary N) is 1. The lowest BCUT2D eigenvalue weighted by molar-refractivity contribution is -0.117. The van der Waals surface area contributed by atoms with Gasteiger partial charge in [0.05, 0.1) is 29.9 Å². The number of rotatable bonds is 4. The largest absolute Gasteiger partial charge is 0.506 e. The quantitative estimate of drug-likeness (QED) is 0.105. The molecule has 0 saturated heterocycles. The summed E-state index contributed by atoms with van der Waals surface area (Å²) < 4.78 is 10.1. The van der Waals surface area contributed by atoms with E-state index in [1.165, 1.54) is 43.0 Å². The Balaban J connectivity index is 0.000000212. The molecule has 4 rings (SSSR count). The SMILES string of the molecule is COC(=O)c1cc2cc(N)c(O)cc2s1.COC(=O)c1cc2cc(NC(=O)C(C)(C)Br)c(O)cc2s1. The molecule has 5 N–H and O–H groups in total. The summed E-state index contributed by atoms with van der Waals surface area (Å²) in [5.41, 5.74) is 6.14. The van der Waals surface area contributed by atoms with Gasteiger partial charge in [-0.15, -0.1) is 22.7 Å². The highest BCUT2D eigenvalue weighted by atomic mass is 79.9.